The lowest BCUT2D eigenvalue weighted by Crippen LogP contribution is -2.40. The van der Waals surface area contributed by atoms with Gasteiger partial charge >= 0.3 is 0 Å². The van der Waals surface area contributed by atoms with Gasteiger partial charge in [-0.1, -0.05) is 13.8 Å². The van der Waals surface area contributed by atoms with E-state index in [0.717, 1.165) is 6.54 Å². The maximum absolute atomic E-state index is 11.8. The van der Waals surface area contributed by atoms with Gasteiger partial charge in [-0.25, -0.2) is 0 Å². The zero-order valence-corrected chi connectivity index (χ0v) is 13.1. The number of carbonyl (C=O) groups is 1. The van der Waals surface area contributed by atoms with Crippen LogP contribution in [-0.2, 0) is 4.79 Å². The van der Waals surface area contributed by atoms with E-state index in [2.05, 4.69) is 37.5 Å². The van der Waals surface area contributed by atoms with E-state index in [1.165, 1.54) is 10.4 Å². The lowest BCUT2D eigenvalue weighted by atomic mass is 10.1. The van der Waals surface area contributed by atoms with Crippen molar-refractivity contribution in [2.75, 3.05) is 26.7 Å². The first-order valence-corrected chi connectivity index (χ1v) is 7.54. The Labute approximate surface area is 120 Å². The van der Waals surface area contributed by atoms with Crippen molar-refractivity contribution in [2.45, 2.75) is 26.8 Å². The molecule has 1 atom stereocenters. The Morgan fingerprint density at radius 1 is 1.53 bits per heavy atom. The molecule has 0 fully saturated rings. The number of nitrogens with one attached hydrogen (secondary N) is 1. The Balaban J connectivity index is 2.57. The van der Waals surface area contributed by atoms with Crippen LogP contribution in [0, 0.1) is 12.8 Å². The number of hydrogen-bond donors (Lipinski definition) is 2. The Morgan fingerprint density at radius 2 is 2.21 bits per heavy atom. The normalized spacial score (nSPS) is 13.0. The van der Waals surface area contributed by atoms with Gasteiger partial charge in [0.05, 0.1) is 12.6 Å². The second-order valence-corrected chi connectivity index (χ2v) is 6.28. The summed E-state index contributed by atoms with van der Waals surface area (Å²) in [4.78, 5) is 15.1. The van der Waals surface area contributed by atoms with Crippen LogP contribution in [0.5, 0.6) is 0 Å². The summed E-state index contributed by atoms with van der Waals surface area (Å²) in [6, 6.07) is 2.21. The fraction of sp³-hybridized carbons (Fsp3) is 0.643. The first kappa shape index (κ1) is 16.1. The Kier molecular flexibility index (Phi) is 6.48. The van der Waals surface area contributed by atoms with Gasteiger partial charge < -0.3 is 11.1 Å². The van der Waals surface area contributed by atoms with E-state index in [-0.39, 0.29) is 11.9 Å². The molecule has 108 valence electrons. The molecule has 0 saturated carbocycles. The number of nitrogens with zero attached hydrogens (tertiary/aromatic N) is 1. The molecule has 0 bridgehead atoms. The molecule has 0 aliphatic heterocycles. The van der Waals surface area contributed by atoms with Crippen molar-refractivity contribution >= 4 is 17.2 Å². The van der Waals surface area contributed by atoms with Gasteiger partial charge in [-0.3, -0.25) is 9.69 Å². The van der Waals surface area contributed by atoms with Gasteiger partial charge in [-0.05, 0) is 36.9 Å². The number of carbonyl (C=O) groups excluding carboxylic acids is 1. The van der Waals surface area contributed by atoms with E-state index in [4.69, 9.17) is 5.73 Å². The lowest BCUT2D eigenvalue weighted by Gasteiger charge is -2.26. The molecule has 1 aromatic rings. The van der Waals surface area contributed by atoms with Crippen LogP contribution >= 0.6 is 11.3 Å². The average Bonchev–Trinajstić information content (AvgIpc) is 2.74. The summed E-state index contributed by atoms with van der Waals surface area (Å²) >= 11 is 1.70. The lowest BCUT2D eigenvalue weighted by molar-refractivity contribution is -0.122. The number of likely N-dealkylation sites (N-methyl/N-ethyl adjacent to an activating group) is 1. The molecule has 19 heavy (non-hydrogen) atoms. The third-order valence-corrected chi connectivity index (χ3v) is 4.18. The van der Waals surface area contributed by atoms with Crippen LogP contribution < -0.4 is 11.1 Å². The van der Waals surface area contributed by atoms with Gasteiger partial charge in [0.15, 0.2) is 0 Å². The van der Waals surface area contributed by atoms with E-state index in [0.29, 0.717) is 19.0 Å². The fourth-order valence-electron chi connectivity index (χ4n) is 1.92. The quantitative estimate of drug-likeness (QED) is 0.801. The maximum atomic E-state index is 11.8. The van der Waals surface area contributed by atoms with Crippen LogP contribution in [0.1, 0.15) is 30.3 Å². The van der Waals surface area contributed by atoms with Crippen molar-refractivity contribution in [1.82, 2.24) is 10.2 Å². The van der Waals surface area contributed by atoms with E-state index in [9.17, 15) is 4.79 Å². The summed E-state index contributed by atoms with van der Waals surface area (Å²) in [6.45, 7) is 7.88. The highest BCUT2D eigenvalue weighted by molar-refractivity contribution is 7.10. The smallest absolute Gasteiger partial charge is 0.234 e. The van der Waals surface area contributed by atoms with Gasteiger partial charge in [0.2, 0.25) is 5.91 Å². The van der Waals surface area contributed by atoms with Crippen LogP contribution in [0.25, 0.3) is 0 Å². The van der Waals surface area contributed by atoms with Gasteiger partial charge in [0.25, 0.3) is 0 Å². The van der Waals surface area contributed by atoms with Crippen LogP contribution in [0.15, 0.2) is 11.4 Å². The minimum Gasteiger partial charge on any atom is -0.355 e. The molecule has 1 heterocycles. The van der Waals surface area contributed by atoms with Gasteiger partial charge in [0, 0.05) is 18.0 Å². The third kappa shape index (κ3) is 4.93. The minimum absolute atomic E-state index is 0.0591. The van der Waals surface area contributed by atoms with E-state index in [1.807, 2.05) is 11.9 Å². The average molecular weight is 283 g/mol. The second kappa shape index (κ2) is 7.62. The summed E-state index contributed by atoms with van der Waals surface area (Å²) in [6.07, 6.45) is 0. The zero-order valence-electron chi connectivity index (χ0n) is 12.3. The summed E-state index contributed by atoms with van der Waals surface area (Å²) in [5.74, 6) is 0.531. The van der Waals surface area contributed by atoms with Crippen LogP contribution in [0.4, 0.5) is 0 Å². The van der Waals surface area contributed by atoms with Crippen LogP contribution in [0.2, 0.25) is 0 Å². The molecule has 0 aliphatic rings. The molecule has 4 nitrogen and oxygen atoms in total. The molecular formula is C14H25N3OS. The van der Waals surface area contributed by atoms with Gasteiger partial charge in [-0.2, -0.15) is 0 Å². The highest BCUT2D eigenvalue weighted by Gasteiger charge is 2.20. The first-order chi connectivity index (χ1) is 8.95. The highest BCUT2D eigenvalue weighted by Crippen LogP contribution is 2.26. The molecular weight excluding hydrogens is 258 g/mol. The van der Waals surface area contributed by atoms with E-state index >= 15 is 0 Å². The van der Waals surface area contributed by atoms with Crippen molar-refractivity contribution in [3.63, 3.8) is 0 Å². The molecule has 1 unspecified atom stereocenters. The summed E-state index contributed by atoms with van der Waals surface area (Å²) in [5.41, 5.74) is 7.11. The Bertz CT molecular complexity index is 403. The van der Waals surface area contributed by atoms with Crippen molar-refractivity contribution in [3.05, 3.63) is 21.9 Å². The Morgan fingerprint density at radius 3 is 2.68 bits per heavy atom. The van der Waals surface area contributed by atoms with Crippen molar-refractivity contribution < 1.29 is 4.79 Å². The first-order valence-electron chi connectivity index (χ1n) is 6.66. The summed E-state index contributed by atoms with van der Waals surface area (Å²) in [5, 5.41) is 5.00. The molecule has 1 aromatic heterocycles. The molecule has 0 spiro atoms. The predicted molar refractivity (Wildman–Crippen MR) is 81.3 cm³/mol. The zero-order chi connectivity index (χ0) is 14.4. The van der Waals surface area contributed by atoms with E-state index in [1.54, 1.807) is 11.3 Å². The monoisotopic (exact) mass is 283 g/mol. The molecule has 0 aliphatic carbocycles. The molecule has 0 radical (unpaired) electrons. The molecule has 5 heteroatoms. The second-order valence-electron chi connectivity index (χ2n) is 5.33. The van der Waals surface area contributed by atoms with Crippen molar-refractivity contribution in [1.29, 1.82) is 0 Å². The standard InChI is InChI=1S/C14H25N3OS/c1-10(2)8-16-13(18)9-17(4)12(7-15)14-11(3)5-6-19-14/h5-6,10,12H,7-9,15H2,1-4H3,(H,16,18). The maximum Gasteiger partial charge on any atom is 0.234 e. The highest BCUT2D eigenvalue weighted by atomic mass is 32.1. The largest absolute Gasteiger partial charge is 0.355 e. The predicted octanol–water partition coefficient (Wildman–Crippen LogP) is 1.76. The van der Waals surface area contributed by atoms with Crippen molar-refractivity contribution in [3.8, 4) is 0 Å². The van der Waals surface area contributed by atoms with Crippen molar-refractivity contribution in [2.24, 2.45) is 11.7 Å². The summed E-state index contributed by atoms with van der Waals surface area (Å²) in [7, 11) is 1.95. The number of aryl methyl sites for hydroxylation is 1. The van der Waals surface area contributed by atoms with Gasteiger partial charge in [0.1, 0.15) is 0 Å². The van der Waals surface area contributed by atoms with Gasteiger partial charge in [-0.15, -0.1) is 11.3 Å². The molecule has 1 rings (SSSR count). The number of amides is 1. The number of hydrogen-bond acceptors (Lipinski definition) is 4. The van der Waals surface area contributed by atoms with Crippen LogP contribution in [-0.4, -0.2) is 37.5 Å². The third-order valence-electron chi connectivity index (χ3n) is 3.06. The number of nitrogens with two attached hydrogens (primary N) is 1. The number of rotatable bonds is 7. The molecule has 3 N–H and O–H groups in total. The fourth-order valence-corrected chi connectivity index (χ4v) is 3.03. The SMILES string of the molecule is Cc1ccsc1C(CN)N(C)CC(=O)NCC(C)C. The molecule has 1 amide bonds. The topological polar surface area (TPSA) is 58.4 Å². The van der Waals surface area contributed by atoms with E-state index < -0.39 is 0 Å². The minimum atomic E-state index is 0.0591. The number of thiophene rings is 1. The molecule has 0 aromatic carbocycles. The Hall–Kier alpha value is -0.910. The molecule has 0 saturated heterocycles. The van der Waals surface area contributed by atoms with Crippen LogP contribution in [0.3, 0.4) is 0 Å². The summed E-state index contributed by atoms with van der Waals surface area (Å²) < 4.78 is 0.